The first kappa shape index (κ1) is 41.8. The topological polar surface area (TPSA) is 42.5 Å². The Morgan fingerprint density at radius 1 is 0.405 bits per heavy atom. The summed E-state index contributed by atoms with van der Waals surface area (Å²) in [6.07, 6.45) is 37.3. The Morgan fingerprint density at radius 2 is 0.786 bits per heavy atom. The minimum atomic E-state index is 0.191. The maximum atomic E-state index is 6.31. The van der Waals surface area contributed by atoms with E-state index in [0.717, 1.165) is 46.0 Å². The van der Waals surface area contributed by atoms with Crippen molar-refractivity contribution in [2.45, 2.75) is 200 Å². The Kier molecular flexibility index (Phi) is 38.7. The number of ether oxygens (including phenoxy) is 2. The van der Waals surface area contributed by atoms with Crippen LogP contribution in [0.2, 0.25) is 0 Å². The first-order chi connectivity index (χ1) is 20.8. The third kappa shape index (κ3) is 36.0. The third-order valence-electron chi connectivity index (χ3n) is 8.63. The van der Waals surface area contributed by atoms with E-state index in [-0.39, 0.29) is 6.10 Å². The van der Waals surface area contributed by atoms with Crippen molar-refractivity contribution < 1.29 is 9.47 Å². The lowest BCUT2D eigenvalue weighted by atomic mass is 10.1. The summed E-state index contributed by atoms with van der Waals surface area (Å²) in [6.45, 7) is 13.5. The molecule has 0 bridgehead atoms. The normalized spacial score (nSPS) is 12.4. The molecule has 0 aliphatic heterocycles. The summed E-state index contributed by atoms with van der Waals surface area (Å²) >= 11 is 0. The molecule has 2 N–H and O–H groups in total. The Bertz CT molecular complexity index is 462. The third-order valence-corrected chi connectivity index (χ3v) is 8.63. The maximum Gasteiger partial charge on any atom is 0.0932 e. The fraction of sp³-hybridized carbons (Fsp3) is 1.00. The van der Waals surface area contributed by atoms with Gasteiger partial charge in [-0.15, -0.1) is 0 Å². The van der Waals surface area contributed by atoms with Crippen molar-refractivity contribution in [2.75, 3.05) is 46.0 Å². The second-order valence-corrected chi connectivity index (χ2v) is 13.0. The van der Waals surface area contributed by atoms with Crippen LogP contribution >= 0.6 is 0 Å². The lowest BCUT2D eigenvalue weighted by Crippen LogP contribution is -2.34. The van der Waals surface area contributed by atoms with Crippen molar-refractivity contribution >= 4 is 0 Å². The highest BCUT2D eigenvalue weighted by Crippen LogP contribution is 2.13. The lowest BCUT2D eigenvalue weighted by Gasteiger charge is -2.19. The average molecular weight is 597 g/mol. The van der Waals surface area contributed by atoms with Crippen LogP contribution in [0, 0.1) is 0 Å². The van der Waals surface area contributed by atoms with E-state index in [9.17, 15) is 0 Å². The highest BCUT2D eigenvalue weighted by Gasteiger charge is 2.09. The molecule has 1 unspecified atom stereocenters. The minimum absolute atomic E-state index is 0.191. The van der Waals surface area contributed by atoms with Crippen LogP contribution in [0.4, 0.5) is 0 Å². The molecule has 0 aromatic heterocycles. The molecule has 4 heteroatoms. The molecule has 0 aromatic carbocycles. The van der Waals surface area contributed by atoms with Crippen LogP contribution in [0.3, 0.4) is 0 Å². The molecule has 4 nitrogen and oxygen atoms in total. The summed E-state index contributed by atoms with van der Waals surface area (Å²) < 4.78 is 12.4. The van der Waals surface area contributed by atoms with Crippen LogP contribution in [0.25, 0.3) is 0 Å². The molecule has 0 fully saturated rings. The van der Waals surface area contributed by atoms with Gasteiger partial charge in [-0.25, -0.2) is 0 Å². The quantitative estimate of drug-likeness (QED) is 0.0696. The molecule has 0 spiro atoms. The monoisotopic (exact) mass is 597 g/mol. The van der Waals surface area contributed by atoms with Crippen molar-refractivity contribution in [3.63, 3.8) is 0 Å². The van der Waals surface area contributed by atoms with Crippen molar-refractivity contribution in [3.8, 4) is 0 Å². The number of hydrogen-bond acceptors (Lipinski definition) is 4. The number of unbranched alkanes of at least 4 members (excludes halogenated alkanes) is 24. The average Bonchev–Trinajstić information content (AvgIpc) is 3.00. The van der Waals surface area contributed by atoms with Gasteiger partial charge in [0.1, 0.15) is 0 Å². The molecule has 0 rings (SSSR count). The largest absolute Gasteiger partial charge is 0.379 e. The zero-order valence-corrected chi connectivity index (χ0v) is 29.4. The Labute approximate surface area is 266 Å². The molecule has 0 aliphatic rings. The van der Waals surface area contributed by atoms with E-state index >= 15 is 0 Å². The second-order valence-electron chi connectivity index (χ2n) is 13.0. The van der Waals surface area contributed by atoms with Crippen LogP contribution in [0.1, 0.15) is 194 Å². The first-order valence-corrected chi connectivity index (χ1v) is 19.5. The van der Waals surface area contributed by atoms with Crippen LogP contribution in [-0.2, 0) is 9.47 Å². The smallest absolute Gasteiger partial charge is 0.0932 e. The molecule has 0 aromatic rings. The molecule has 0 aliphatic carbocycles. The van der Waals surface area contributed by atoms with E-state index in [4.69, 9.17) is 9.47 Å². The summed E-state index contributed by atoms with van der Waals surface area (Å²) in [5.74, 6) is 0. The first-order valence-electron chi connectivity index (χ1n) is 19.5. The van der Waals surface area contributed by atoms with Gasteiger partial charge in [0.05, 0.1) is 12.7 Å². The van der Waals surface area contributed by atoms with Crippen molar-refractivity contribution in [1.29, 1.82) is 0 Å². The van der Waals surface area contributed by atoms with Gasteiger partial charge in [0.15, 0.2) is 0 Å². The zero-order valence-electron chi connectivity index (χ0n) is 29.4. The number of rotatable bonds is 38. The van der Waals surface area contributed by atoms with E-state index < -0.39 is 0 Å². The summed E-state index contributed by atoms with van der Waals surface area (Å²) in [7, 11) is 0. The van der Waals surface area contributed by atoms with Gasteiger partial charge in [0, 0.05) is 19.8 Å². The Balaban J connectivity index is 3.83. The van der Waals surface area contributed by atoms with Gasteiger partial charge in [-0.3, -0.25) is 0 Å². The van der Waals surface area contributed by atoms with Crippen molar-refractivity contribution in [3.05, 3.63) is 0 Å². The van der Waals surface area contributed by atoms with E-state index in [1.807, 2.05) is 0 Å². The number of hydrogen-bond donors (Lipinski definition) is 2. The fourth-order valence-electron chi connectivity index (χ4n) is 5.74. The molecule has 0 radical (unpaired) electrons. The van der Waals surface area contributed by atoms with Gasteiger partial charge in [0.2, 0.25) is 0 Å². The van der Waals surface area contributed by atoms with Crippen LogP contribution < -0.4 is 10.6 Å². The summed E-state index contributed by atoms with van der Waals surface area (Å²) in [6, 6.07) is 0. The Hall–Kier alpha value is -0.160. The van der Waals surface area contributed by atoms with Crippen molar-refractivity contribution in [1.82, 2.24) is 10.6 Å². The fourth-order valence-corrected chi connectivity index (χ4v) is 5.74. The van der Waals surface area contributed by atoms with E-state index in [1.54, 1.807) is 0 Å². The SMILES string of the molecule is CCCCCCCCCCCCCCOCC(CNCCCCCNCC)OCCCCCCCCCCCCCC. The molecule has 0 saturated carbocycles. The molecular formula is C38H80N2O2. The molecule has 42 heavy (non-hydrogen) atoms. The van der Waals surface area contributed by atoms with E-state index in [2.05, 4.69) is 31.4 Å². The van der Waals surface area contributed by atoms with E-state index in [1.165, 1.54) is 173 Å². The maximum absolute atomic E-state index is 6.31. The molecule has 1 atom stereocenters. The summed E-state index contributed by atoms with van der Waals surface area (Å²) in [5.41, 5.74) is 0. The summed E-state index contributed by atoms with van der Waals surface area (Å²) in [5, 5.41) is 7.07. The highest BCUT2D eigenvalue weighted by molar-refractivity contribution is 4.62. The van der Waals surface area contributed by atoms with Gasteiger partial charge in [-0.1, -0.05) is 168 Å². The zero-order chi connectivity index (χ0) is 30.4. The van der Waals surface area contributed by atoms with Gasteiger partial charge in [0.25, 0.3) is 0 Å². The van der Waals surface area contributed by atoms with Gasteiger partial charge < -0.3 is 20.1 Å². The van der Waals surface area contributed by atoms with Crippen LogP contribution in [0.15, 0.2) is 0 Å². The van der Waals surface area contributed by atoms with Gasteiger partial charge in [-0.2, -0.15) is 0 Å². The predicted octanol–water partition coefficient (Wildman–Crippen LogP) is 11.2. The van der Waals surface area contributed by atoms with Gasteiger partial charge in [-0.05, 0) is 45.3 Å². The summed E-state index contributed by atoms with van der Waals surface area (Å²) in [4.78, 5) is 0. The lowest BCUT2D eigenvalue weighted by molar-refractivity contribution is -0.0175. The standard InChI is InChI=1S/C38H80N2O2/c1-4-7-9-11-13-15-17-19-21-23-25-30-34-41-37-38(36-40-33-29-27-28-32-39-6-3)42-35-31-26-24-22-20-18-16-14-12-10-8-5-2/h38-40H,4-37H2,1-3H3. The van der Waals surface area contributed by atoms with E-state index in [0.29, 0.717) is 0 Å². The molecule has 254 valence electrons. The van der Waals surface area contributed by atoms with Crippen LogP contribution in [0.5, 0.6) is 0 Å². The minimum Gasteiger partial charge on any atom is -0.379 e. The molecule has 0 saturated heterocycles. The number of nitrogens with one attached hydrogen (secondary N) is 2. The predicted molar refractivity (Wildman–Crippen MR) is 188 cm³/mol. The van der Waals surface area contributed by atoms with Gasteiger partial charge >= 0.3 is 0 Å². The van der Waals surface area contributed by atoms with Crippen LogP contribution in [-0.4, -0.2) is 52.1 Å². The second kappa shape index (κ2) is 38.9. The highest BCUT2D eigenvalue weighted by atomic mass is 16.5. The Morgan fingerprint density at radius 3 is 1.24 bits per heavy atom. The molecular weight excluding hydrogens is 516 g/mol. The molecule has 0 amide bonds. The molecule has 0 heterocycles. The van der Waals surface area contributed by atoms with Crippen molar-refractivity contribution in [2.24, 2.45) is 0 Å².